The lowest BCUT2D eigenvalue weighted by atomic mass is 9.82. The molecule has 1 aliphatic heterocycles. The molecule has 10 heteroatoms. The van der Waals surface area contributed by atoms with E-state index in [1.807, 2.05) is 6.07 Å². The summed E-state index contributed by atoms with van der Waals surface area (Å²) in [5.41, 5.74) is 1.03. The maximum absolute atomic E-state index is 13.6. The van der Waals surface area contributed by atoms with Crippen LogP contribution in [0.2, 0.25) is 0 Å². The summed E-state index contributed by atoms with van der Waals surface area (Å²) < 4.78 is 54.3. The fourth-order valence-corrected chi connectivity index (χ4v) is 6.89. The third kappa shape index (κ3) is 5.24. The Kier molecular flexibility index (Phi) is 7.81. The fraction of sp³-hybridized carbons (Fsp3) is 0.708. The molecular formula is C24H36FN3O5S. The van der Waals surface area contributed by atoms with Crippen LogP contribution < -0.4 is 4.72 Å². The number of ether oxygens (including phenoxy) is 2. The van der Waals surface area contributed by atoms with Gasteiger partial charge in [-0.2, -0.15) is 17.4 Å². The molecule has 1 saturated heterocycles. The van der Waals surface area contributed by atoms with Crippen molar-refractivity contribution in [3.05, 3.63) is 35.6 Å². The lowest BCUT2D eigenvalue weighted by Gasteiger charge is -2.34. The molecule has 0 bridgehead atoms. The van der Waals surface area contributed by atoms with E-state index >= 15 is 0 Å². The molecule has 8 nitrogen and oxygen atoms in total. The number of hydrogen-bond donors (Lipinski definition) is 1. The van der Waals surface area contributed by atoms with Crippen molar-refractivity contribution < 1.29 is 27.1 Å². The van der Waals surface area contributed by atoms with Crippen LogP contribution in [-0.2, 0) is 19.7 Å². The smallest absolute Gasteiger partial charge is 0.410 e. The Balaban J connectivity index is 1.44. The highest BCUT2D eigenvalue weighted by Crippen LogP contribution is 2.43. The van der Waals surface area contributed by atoms with E-state index < -0.39 is 28.4 Å². The molecule has 1 aromatic rings. The summed E-state index contributed by atoms with van der Waals surface area (Å²) >= 11 is 0. The van der Waals surface area contributed by atoms with Crippen molar-refractivity contribution >= 4 is 16.3 Å². The van der Waals surface area contributed by atoms with E-state index in [4.69, 9.17) is 9.47 Å². The van der Waals surface area contributed by atoms with Gasteiger partial charge < -0.3 is 9.47 Å². The molecule has 2 saturated carbocycles. The van der Waals surface area contributed by atoms with Crippen LogP contribution in [0.5, 0.6) is 0 Å². The highest BCUT2D eigenvalue weighted by molar-refractivity contribution is 7.87. The van der Waals surface area contributed by atoms with Gasteiger partial charge in [-0.05, 0) is 68.1 Å². The Morgan fingerprint density at radius 2 is 1.91 bits per heavy atom. The van der Waals surface area contributed by atoms with Gasteiger partial charge in [-0.1, -0.05) is 18.6 Å². The summed E-state index contributed by atoms with van der Waals surface area (Å²) in [6, 6.07) is 5.88. The number of amides is 1. The molecule has 3 fully saturated rings. The first-order valence-electron chi connectivity index (χ1n) is 12.1. The Labute approximate surface area is 202 Å². The van der Waals surface area contributed by atoms with Crippen LogP contribution in [0.3, 0.4) is 0 Å². The molecule has 1 heterocycles. The number of benzene rings is 1. The van der Waals surface area contributed by atoms with Crippen molar-refractivity contribution in [1.29, 1.82) is 0 Å². The topological polar surface area (TPSA) is 88.2 Å². The van der Waals surface area contributed by atoms with E-state index in [1.54, 1.807) is 17.0 Å². The normalized spacial score (nSPS) is 31.6. The van der Waals surface area contributed by atoms with E-state index in [2.05, 4.69) is 4.72 Å². The predicted molar refractivity (Wildman–Crippen MR) is 126 cm³/mol. The Bertz CT molecular complexity index is 967. The SMILES string of the molecule is COC(=O)N1[C@@H]2CCC[C@@H]2[C@H](NS(=O)(=O)N(C)C)[C@@H]1COC1CCC(c2cccc(F)c2)CC1. The molecular weight excluding hydrogens is 461 g/mol. The zero-order chi connectivity index (χ0) is 24.5. The monoisotopic (exact) mass is 497 g/mol. The van der Waals surface area contributed by atoms with Gasteiger partial charge in [0.15, 0.2) is 0 Å². The number of nitrogens with zero attached hydrogens (tertiary/aromatic N) is 2. The number of hydrogen-bond acceptors (Lipinski definition) is 5. The summed E-state index contributed by atoms with van der Waals surface area (Å²) in [7, 11) is 0.661. The minimum atomic E-state index is -3.68. The van der Waals surface area contributed by atoms with E-state index in [9.17, 15) is 17.6 Å². The number of methoxy groups -OCH3 is 1. The van der Waals surface area contributed by atoms with E-state index in [-0.39, 0.29) is 30.5 Å². The lowest BCUT2D eigenvalue weighted by molar-refractivity contribution is -0.00982. The molecule has 2 aliphatic carbocycles. The average molecular weight is 498 g/mol. The molecule has 0 unspecified atom stereocenters. The molecule has 0 aromatic heterocycles. The van der Waals surface area contributed by atoms with Crippen molar-refractivity contribution in [3.8, 4) is 0 Å². The number of fused-ring (bicyclic) bond motifs is 1. The molecule has 4 atom stereocenters. The molecule has 3 aliphatic rings. The molecule has 0 spiro atoms. The minimum absolute atomic E-state index is 0.0239. The molecule has 1 amide bonds. The zero-order valence-corrected chi connectivity index (χ0v) is 21.0. The number of rotatable bonds is 7. The first-order chi connectivity index (χ1) is 16.2. The second-order valence-corrected chi connectivity index (χ2v) is 11.8. The van der Waals surface area contributed by atoms with Crippen molar-refractivity contribution in [2.45, 2.75) is 75.1 Å². The largest absolute Gasteiger partial charge is 0.453 e. The third-order valence-corrected chi connectivity index (χ3v) is 9.30. The summed E-state index contributed by atoms with van der Waals surface area (Å²) in [6.45, 7) is 0.248. The highest BCUT2D eigenvalue weighted by Gasteiger charge is 2.54. The van der Waals surface area contributed by atoms with Gasteiger partial charge in [-0.3, -0.25) is 4.90 Å². The van der Waals surface area contributed by atoms with Gasteiger partial charge in [0.05, 0.1) is 31.9 Å². The van der Waals surface area contributed by atoms with Crippen LogP contribution in [0.4, 0.5) is 9.18 Å². The standard InChI is InChI=1S/C24H36FN3O5S/c1-27(2)34(30,31)26-23-20-8-5-9-21(20)28(24(29)32-3)22(23)15-33-19-12-10-16(11-13-19)17-6-4-7-18(25)14-17/h4,6-7,14,16,19-23,26H,5,8-13,15H2,1-3H3/t16?,19?,20-,21+,22-,23-/m0/s1. The fourth-order valence-electron chi connectivity index (χ4n) is 6.00. The molecule has 0 radical (unpaired) electrons. The molecule has 1 aromatic carbocycles. The van der Waals surface area contributed by atoms with Gasteiger partial charge in [0.25, 0.3) is 10.2 Å². The number of carbonyl (C=O) groups excluding carboxylic acids is 1. The van der Waals surface area contributed by atoms with Gasteiger partial charge in [0.2, 0.25) is 0 Å². The van der Waals surface area contributed by atoms with E-state index in [1.165, 1.54) is 27.3 Å². The minimum Gasteiger partial charge on any atom is -0.453 e. The average Bonchev–Trinajstić information content (AvgIpc) is 3.39. The van der Waals surface area contributed by atoms with Crippen LogP contribution >= 0.6 is 0 Å². The van der Waals surface area contributed by atoms with Gasteiger partial charge in [0.1, 0.15) is 5.82 Å². The number of nitrogens with one attached hydrogen (secondary N) is 1. The van der Waals surface area contributed by atoms with Gasteiger partial charge in [-0.25, -0.2) is 9.18 Å². The predicted octanol–water partition coefficient (Wildman–Crippen LogP) is 3.25. The maximum atomic E-state index is 13.6. The maximum Gasteiger partial charge on any atom is 0.410 e. The van der Waals surface area contributed by atoms with E-state index in [0.717, 1.165) is 54.8 Å². The van der Waals surface area contributed by atoms with Crippen LogP contribution in [0.25, 0.3) is 0 Å². The van der Waals surface area contributed by atoms with Gasteiger partial charge in [-0.15, -0.1) is 0 Å². The third-order valence-electron chi connectivity index (χ3n) is 7.77. The Morgan fingerprint density at radius 1 is 1.18 bits per heavy atom. The van der Waals surface area contributed by atoms with Crippen LogP contribution in [0.1, 0.15) is 56.4 Å². The van der Waals surface area contributed by atoms with Crippen molar-refractivity contribution in [2.75, 3.05) is 27.8 Å². The lowest BCUT2D eigenvalue weighted by Crippen LogP contribution is -2.53. The quantitative estimate of drug-likeness (QED) is 0.625. The molecule has 190 valence electrons. The Hall–Kier alpha value is -1.75. The van der Waals surface area contributed by atoms with Crippen LogP contribution in [0.15, 0.2) is 24.3 Å². The first kappa shape index (κ1) is 25.3. The molecule has 34 heavy (non-hydrogen) atoms. The second kappa shape index (κ2) is 10.5. The van der Waals surface area contributed by atoms with Gasteiger partial charge >= 0.3 is 6.09 Å². The van der Waals surface area contributed by atoms with Crippen molar-refractivity contribution in [2.24, 2.45) is 5.92 Å². The number of likely N-dealkylation sites (tertiary alicyclic amines) is 1. The van der Waals surface area contributed by atoms with Crippen LogP contribution in [-0.4, -0.2) is 75.8 Å². The highest BCUT2D eigenvalue weighted by atomic mass is 32.2. The number of carbonyl (C=O) groups is 1. The summed E-state index contributed by atoms with van der Waals surface area (Å²) in [4.78, 5) is 14.4. The van der Waals surface area contributed by atoms with Crippen molar-refractivity contribution in [3.63, 3.8) is 0 Å². The number of halogens is 1. The first-order valence-corrected chi connectivity index (χ1v) is 13.6. The molecule has 1 N–H and O–H groups in total. The summed E-state index contributed by atoms with van der Waals surface area (Å²) in [5, 5.41) is 0. The summed E-state index contributed by atoms with van der Waals surface area (Å²) in [6.07, 6.45) is 5.70. The summed E-state index contributed by atoms with van der Waals surface area (Å²) in [5.74, 6) is 0.135. The van der Waals surface area contributed by atoms with Crippen molar-refractivity contribution in [1.82, 2.24) is 13.9 Å². The van der Waals surface area contributed by atoms with Crippen LogP contribution in [0, 0.1) is 11.7 Å². The van der Waals surface area contributed by atoms with Gasteiger partial charge in [0, 0.05) is 20.1 Å². The van der Waals surface area contributed by atoms with E-state index in [0.29, 0.717) is 5.92 Å². The second-order valence-electron chi connectivity index (χ2n) is 9.90. The zero-order valence-electron chi connectivity index (χ0n) is 20.2. The molecule has 4 rings (SSSR count). The Morgan fingerprint density at radius 3 is 2.56 bits per heavy atom.